The molecule has 0 bridgehead atoms. The van der Waals surface area contributed by atoms with Crippen molar-refractivity contribution >= 4 is 17.5 Å². The van der Waals surface area contributed by atoms with Crippen LogP contribution in [0.3, 0.4) is 0 Å². The monoisotopic (exact) mass is 687 g/mol. The highest BCUT2D eigenvalue weighted by Crippen LogP contribution is 2.50. The van der Waals surface area contributed by atoms with E-state index in [2.05, 4.69) is 10.6 Å². The van der Waals surface area contributed by atoms with E-state index in [-0.39, 0.29) is 34.9 Å². The first kappa shape index (κ1) is 36.4. The van der Waals surface area contributed by atoms with E-state index < -0.39 is 12.1 Å². The Morgan fingerprint density at radius 2 is 1.62 bits per heavy atom. The Kier molecular flexibility index (Phi) is 11.4. The van der Waals surface area contributed by atoms with Gasteiger partial charge in [0, 0.05) is 30.7 Å². The van der Waals surface area contributed by atoms with Crippen LogP contribution in [0.2, 0.25) is 0 Å². The smallest absolute Gasteiger partial charge is 0.245 e. The van der Waals surface area contributed by atoms with Crippen molar-refractivity contribution in [1.82, 2.24) is 10.2 Å². The number of benzene rings is 2. The summed E-state index contributed by atoms with van der Waals surface area (Å²) in [5, 5.41) is 6.43. The number of carbonyl (C=O) groups excluding carboxylic acids is 2. The van der Waals surface area contributed by atoms with Gasteiger partial charge in [0.25, 0.3) is 0 Å². The van der Waals surface area contributed by atoms with Crippen LogP contribution in [-0.2, 0) is 16.0 Å². The number of ether oxygens (including phenoxy) is 5. The van der Waals surface area contributed by atoms with Gasteiger partial charge in [0.1, 0.15) is 17.5 Å². The third kappa shape index (κ3) is 7.04. The zero-order chi connectivity index (χ0) is 36.1. The maximum absolute atomic E-state index is 14.5. The number of amides is 2. The highest BCUT2D eigenvalue weighted by Gasteiger charge is 2.38. The number of aryl methyl sites for hydroxylation is 1. The van der Waals surface area contributed by atoms with E-state index in [0.29, 0.717) is 60.1 Å². The van der Waals surface area contributed by atoms with Gasteiger partial charge in [-0.2, -0.15) is 0 Å². The molecule has 3 aromatic rings. The summed E-state index contributed by atoms with van der Waals surface area (Å²) in [5.74, 6) is 2.40. The lowest BCUT2D eigenvalue weighted by Gasteiger charge is -2.33. The Hall–Kier alpha value is -4.93. The van der Waals surface area contributed by atoms with E-state index in [1.807, 2.05) is 49.1 Å². The van der Waals surface area contributed by atoms with Gasteiger partial charge in [-0.15, -0.1) is 0 Å². The number of carbonyl (C=O) groups is 2. The van der Waals surface area contributed by atoms with Crippen LogP contribution >= 0.6 is 0 Å². The summed E-state index contributed by atoms with van der Waals surface area (Å²) in [6, 6.07) is 11.5. The Balaban J connectivity index is 1.60. The van der Waals surface area contributed by atoms with Crippen molar-refractivity contribution in [1.29, 1.82) is 0 Å². The Labute approximate surface area is 294 Å². The fraction of sp³-hybridized carbons (Fsp3) is 0.462. The number of hydrogen-bond donors (Lipinski definition) is 2. The molecule has 4 unspecified atom stereocenters. The minimum Gasteiger partial charge on any atom is -0.497 e. The van der Waals surface area contributed by atoms with E-state index >= 15 is 0 Å². The van der Waals surface area contributed by atoms with Gasteiger partial charge < -0.3 is 39.2 Å². The second kappa shape index (κ2) is 15.7. The molecule has 5 rings (SSSR count). The quantitative estimate of drug-likeness (QED) is 0.234. The second-order valence-electron chi connectivity index (χ2n) is 12.9. The molecule has 50 heavy (non-hydrogen) atoms. The molecular formula is C39H49N3O8. The summed E-state index contributed by atoms with van der Waals surface area (Å²) >= 11 is 0. The number of likely N-dealkylation sites (tertiary alicyclic amines) is 1. The number of nitrogens with one attached hydrogen (secondary N) is 2. The first-order chi connectivity index (χ1) is 24.1. The molecule has 1 aliphatic heterocycles. The van der Waals surface area contributed by atoms with E-state index in [1.165, 1.54) is 6.92 Å². The predicted octanol–water partition coefficient (Wildman–Crippen LogP) is 6.07. The Morgan fingerprint density at radius 3 is 2.26 bits per heavy atom. The van der Waals surface area contributed by atoms with Gasteiger partial charge in [-0.25, -0.2) is 0 Å². The van der Waals surface area contributed by atoms with Gasteiger partial charge in [-0.05, 0) is 78.6 Å². The number of fused-ring (bicyclic) bond motifs is 3. The fourth-order valence-corrected chi connectivity index (χ4v) is 7.30. The van der Waals surface area contributed by atoms with Gasteiger partial charge in [0.15, 0.2) is 11.5 Å². The van der Waals surface area contributed by atoms with Crippen LogP contribution in [0.5, 0.6) is 28.7 Å². The van der Waals surface area contributed by atoms with Crippen LogP contribution in [0, 0.1) is 5.92 Å². The van der Waals surface area contributed by atoms with E-state index in [4.69, 9.17) is 23.7 Å². The molecule has 1 aliphatic carbocycles. The van der Waals surface area contributed by atoms with Crippen molar-refractivity contribution in [3.8, 4) is 39.9 Å². The van der Waals surface area contributed by atoms with Crippen molar-refractivity contribution in [3.05, 3.63) is 69.4 Å². The molecule has 0 saturated carbocycles. The SMILES string of the molecule is CCC(C)C(Nc1ccc2c(cc1=O)C(NC(C)=O)CCc1cc(OC)c(OC)c(OC)c1-2)C(=O)N1CCCC1c1ccc(OC)cc1OC. The van der Waals surface area contributed by atoms with Crippen LogP contribution in [0.1, 0.15) is 75.2 Å². The number of anilines is 1. The summed E-state index contributed by atoms with van der Waals surface area (Å²) in [5.41, 5.74) is 3.99. The zero-order valence-corrected chi connectivity index (χ0v) is 30.3. The molecule has 1 saturated heterocycles. The Bertz CT molecular complexity index is 1790. The molecular weight excluding hydrogens is 638 g/mol. The first-order valence-electron chi connectivity index (χ1n) is 17.2. The Morgan fingerprint density at radius 1 is 0.880 bits per heavy atom. The van der Waals surface area contributed by atoms with Crippen LogP contribution in [0.15, 0.2) is 47.3 Å². The minimum atomic E-state index is -0.669. The summed E-state index contributed by atoms with van der Waals surface area (Å²) in [6.07, 6.45) is 3.49. The maximum Gasteiger partial charge on any atom is 0.245 e. The lowest BCUT2D eigenvalue weighted by Crippen LogP contribution is -2.46. The molecule has 0 aromatic heterocycles. The zero-order valence-electron chi connectivity index (χ0n) is 30.3. The topological polar surface area (TPSA) is 125 Å². The lowest BCUT2D eigenvalue weighted by atomic mass is 9.95. The largest absolute Gasteiger partial charge is 0.497 e. The third-order valence-electron chi connectivity index (χ3n) is 10.0. The van der Waals surface area contributed by atoms with Gasteiger partial charge >= 0.3 is 0 Å². The third-order valence-corrected chi connectivity index (χ3v) is 10.0. The van der Waals surface area contributed by atoms with Gasteiger partial charge in [0.2, 0.25) is 23.0 Å². The molecule has 11 heteroatoms. The standard InChI is InChI=1S/C39H49N3O8/c1-9-22(2)36(39(45)42-18-10-11-31(42)27-14-13-25(46-4)20-33(27)47-5)41-30-17-15-26-28(21-32(30)44)29(40-23(3)43)16-12-24-19-34(48-6)37(49-7)38(50-8)35(24)26/h13-15,17,19-22,29,31,36H,9-12,16,18H2,1-8H3,(H,40,43)(H,41,44). The number of rotatable bonds is 12. The van der Waals surface area contributed by atoms with Crippen molar-refractivity contribution in [2.45, 2.75) is 71.0 Å². The minimum absolute atomic E-state index is 0.0767. The summed E-state index contributed by atoms with van der Waals surface area (Å²) in [4.78, 5) is 42.9. The van der Waals surface area contributed by atoms with E-state index in [9.17, 15) is 14.4 Å². The highest BCUT2D eigenvalue weighted by atomic mass is 16.5. The average molecular weight is 688 g/mol. The number of hydrogen-bond acceptors (Lipinski definition) is 9. The molecule has 1 heterocycles. The number of methoxy groups -OCH3 is 5. The molecule has 2 aliphatic rings. The average Bonchev–Trinajstić information content (AvgIpc) is 3.50. The molecule has 2 amide bonds. The molecule has 0 spiro atoms. The van der Waals surface area contributed by atoms with E-state index in [0.717, 1.165) is 35.1 Å². The van der Waals surface area contributed by atoms with Crippen LogP contribution in [0.4, 0.5) is 5.69 Å². The van der Waals surface area contributed by atoms with E-state index in [1.54, 1.807) is 47.7 Å². The van der Waals surface area contributed by atoms with Crippen molar-refractivity contribution in [2.75, 3.05) is 47.4 Å². The predicted molar refractivity (Wildman–Crippen MR) is 193 cm³/mol. The maximum atomic E-state index is 14.5. The van der Waals surface area contributed by atoms with Crippen molar-refractivity contribution in [2.24, 2.45) is 5.92 Å². The van der Waals surface area contributed by atoms with Gasteiger partial charge in [-0.3, -0.25) is 14.4 Å². The van der Waals surface area contributed by atoms with Crippen LogP contribution in [-0.4, -0.2) is 64.8 Å². The fourth-order valence-electron chi connectivity index (χ4n) is 7.30. The molecule has 2 N–H and O–H groups in total. The normalized spacial score (nSPS) is 17.7. The summed E-state index contributed by atoms with van der Waals surface area (Å²) in [6.45, 7) is 6.11. The van der Waals surface area contributed by atoms with Crippen molar-refractivity contribution < 1.29 is 33.3 Å². The van der Waals surface area contributed by atoms with Crippen molar-refractivity contribution in [3.63, 3.8) is 0 Å². The van der Waals surface area contributed by atoms with Crippen LogP contribution < -0.4 is 39.7 Å². The first-order valence-corrected chi connectivity index (χ1v) is 17.2. The van der Waals surface area contributed by atoms with Gasteiger partial charge in [-0.1, -0.05) is 26.3 Å². The lowest BCUT2D eigenvalue weighted by molar-refractivity contribution is -0.134. The number of nitrogens with zero attached hydrogens (tertiary/aromatic N) is 1. The molecule has 0 radical (unpaired) electrons. The molecule has 4 atom stereocenters. The van der Waals surface area contributed by atoms with Crippen LogP contribution in [0.25, 0.3) is 11.1 Å². The summed E-state index contributed by atoms with van der Waals surface area (Å²) in [7, 11) is 7.92. The molecule has 11 nitrogen and oxygen atoms in total. The van der Waals surface area contributed by atoms with Gasteiger partial charge in [0.05, 0.1) is 53.3 Å². The molecule has 1 fully saturated rings. The molecule has 3 aromatic carbocycles. The summed E-state index contributed by atoms with van der Waals surface area (Å²) < 4.78 is 28.4. The highest BCUT2D eigenvalue weighted by molar-refractivity contribution is 5.87. The molecule has 268 valence electrons. The second-order valence-corrected chi connectivity index (χ2v) is 12.9.